The lowest BCUT2D eigenvalue weighted by Gasteiger charge is -2.32. The molecule has 3 unspecified atom stereocenters. The van der Waals surface area contributed by atoms with E-state index in [-0.39, 0.29) is 0 Å². The Kier molecular flexibility index (Phi) is 3.64. The van der Waals surface area contributed by atoms with E-state index in [1.807, 2.05) is 0 Å². The van der Waals surface area contributed by atoms with Crippen LogP contribution in [0.15, 0.2) is 66.7 Å². The minimum absolute atomic E-state index is 0.328. The Balaban J connectivity index is 1.55. The van der Waals surface area contributed by atoms with Gasteiger partial charge in [0, 0.05) is 37.0 Å². The molecule has 3 atom stereocenters. The molecule has 3 aliphatic heterocycles. The van der Waals surface area contributed by atoms with E-state index >= 15 is 0 Å². The largest absolute Gasteiger partial charge is 0.352 e. The van der Waals surface area contributed by atoms with E-state index in [0.29, 0.717) is 18.2 Å². The summed E-state index contributed by atoms with van der Waals surface area (Å²) in [6.07, 6.45) is 1.73. The van der Waals surface area contributed by atoms with Crippen LogP contribution in [0.1, 0.15) is 31.7 Å². The number of likely N-dealkylation sites (N-methyl/N-ethyl adjacent to an activating group) is 1. The van der Waals surface area contributed by atoms with Crippen molar-refractivity contribution in [3.8, 4) is 0 Å². The number of benzene rings is 3. The van der Waals surface area contributed by atoms with Gasteiger partial charge in [-0.15, -0.1) is 0 Å². The second-order valence-electron chi connectivity index (χ2n) is 8.74. The predicted octanol–water partition coefficient (Wildman–Crippen LogP) is 6.04. The highest BCUT2D eigenvalue weighted by Gasteiger charge is 2.47. The SMILES string of the molecule is CCC1N(C)c2ccccc2N1c1cccc2c1C(C)C1N(C)c3ccccc3N21. The van der Waals surface area contributed by atoms with E-state index in [4.69, 9.17) is 0 Å². The van der Waals surface area contributed by atoms with Gasteiger partial charge in [-0.1, -0.05) is 44.2 Å². The van der Waals surface area contributed by atoms with Gasteiger partial charge in [-0.2, -0.15) is 0 Å². The summed E-state index contributed by atoms with van der Waals surface area (Å²) in [5.74, 6) is 0.407. The monoisotopic (exact) mass is 396 g/mol. The summed E-state index contributed by atoms with van der Waals surface area (Å²) in [5, 5.41) is 0. The van der Waals surface area contributed by atoms with Gasteiger partial charge in [-0.3, -0.25) is 0 Å². The molecule has 0 amide bonds. The van der Waals surface area contributed by atoms with Crippen molar-refractivity contribution in [2.24, 2.45) is 0 Å². The quantitative estimate of drug-likeness (QED) is 0.523. The fraction of sp³-hybridized carbons (Fsp3) is 0.308. The zero-order chi connectivity index (χ0) is 20.6. The first kappa shape index (κ1) is 17.7. The molecule has 0 saturated carbocycles. The van der Waals surface area contributed by atoms with Crippen LogP contribution in [0.4, 0.5) is 34.1 Å². The molecule has 0 fully saturated rings. The Morgan fingerprint density at radius 3 is 1.77 bits per heavy atom. The van der Waals surface area contributed by atoms with Crippen LogP contribution in [-0.2, 0) is 0 Å². The molecular formula is C26H28N4. The third kappa shape index (κ3) is 2.06. The van der Waals surface area contributed by atoms with Crippen LogP contribution in [0.2, 0.25) is 0 Å². The summed E-state index contributed by atoms with van der Waals surface area (Å²) < 4.78 is 0. The van der Waals surface area contributed by atoms with Gasteiger partial charge in [0.05, 0.1) is 22.7 Å². The molecule has 0 saturated heterocycles. The molecule has 6 rings (SSSR count). The highest BCUT2D eigenvalue weighted by atomic mass is 15.4. The van der Waals surface area contributed by atoms with Crippen molar-refractivity contribution in [1.82, 2.24) is 0 Å². The summed E-state index contributed by atoms with van der Waals surface area (Å²) in [4.78, 5) is 9.99. The molecule has 30 heavy (non-hydrogen) atoms. The lowest BCUT2D eigenvalue weighted by Crippen LogP contribution is -2.39. The summed E-state index contributed by atoms with van der Waals surface area (Å²) in [6, 6.07) is 24.5. The van der Waals surface area contributed by atoms with Crippen molar-refractivity contribution in [3.63, 3.8) is 0 Å². The summed E-state index contributed by atoms with van der Waals surface area (Å²) in [7, 11) is 4.46. The van der Waals surface area contributed by atoms with E-state index in [9.17, 15) is 0 Å². The molecule has 0 spiro atoms. The summed E-state index contributed by atoms with van der Waals surface area (Å²) >= 11 is 0. The number of hydrogen-bond acceptors (Lipinski definition) is 4. The first-order valence-corrected chi connectivity index (χ1v) is 11.0. The minimum Gasteiger partial charge on any atom is -0.352 e. The maximum absolute atomic E-state index is 2.57. The van der Waals surface area contributed by atoms with Gasteiger partial charge in [-0.05, 0) is 42.8 Å². The highest BCUT2D eigenvalue weighted by molar-refractivity contribution is 5.93. The predicted molar refractivity (Wildman–Crippen MR) is 127 cm³/mol. The van der Waals surface area contributed by atoms with Gasteiger partial charge in [0.15, 0.2) is 0 Å². The van der Waals surface area contributed by atoms with Gasteiger partial charge in [0.25, 0.3) is 0 Å². The minimum atomic E-state index is 0.328. The van der Waals surface area contributed by atoms with Crippen molar-refractivity contribution < 1.29 is 0 Å². The fourth-order valence-electron chi connectivity index (χ4n) is 6.04. The zero-order valence-electron chi connectivity index (χ0n) is 18.1. The van der Waals surface area contributed by atoms with Crippen molar-refractivity contribution in [2.45, 2.75) is 38.5 Å². The Bertz CT molecular complexity index is 1140. The first-order chi connectivity index (χ1) is 14.6. The third-order valence-electron chi connectivity index (χ3n) is 7.30. The maximum atomic E-state index is 2.57. The van der Waals surface area contributed by atoms with Gasteiger partial charge in [0.2, 0.25) is 0 Å². The molecule has 0 radical (unpaired) electrons. The number of fused-ring (bicyclic) bond motifs is 6. The Morgan fingerprint density at radius 2 is 1.13 bits per heavy atom. The second kappa shape index (κ2) is 6.18. The Morgan fingerprint density at radius 1 is 0.633 bits per heavy atom. The van der Waals surface area contributed by atoms with Crippen LogP contribution in [-0.4, -0.2) is 26.4 Å². The molecule has 3 aliphatic rings. The normalized spacial score (nSPS) is 23.5. The smallest absolute Gasteiger partial charge is 0.113 e. The molecule has 0 aliphatic carbocycles. The molecular weight excluding hydrogens is 368 g/mol. The third-order valence-corrected chi connectivity index (χ3v) is 7.30. The van der Waals surface area contributed by atoms with Gasteiger partial charge in [0.1, 0.15) is 12.3 Å². The number of anilines is 6. The highest BCUT2D eigenvalue weighted by Crippen LogP contribution is 2.57. The molecule has 0 aromatic heterocycles. The van der Waals surface area contributed by atoms with Crippen LogP contribution < -0.4 is 19.6 Å². The maximum Gasteiger partial charge on any atom is 0.113 e. The summed E-state index contributed by atoms with van der Waals surface area (Å²) in [5.41, 5.74) is 9.44. The molecule has 0 N–H and O–H groups in total. The molecule has 4 heteroatoms. The van der Waals surface area contributed by atoms with Crippen LogP contribution in [0.5, 0.6) is 0 Å². The average Bonchev–Trinajstić information content (AvgIpc) is 3.36. The van der Waals surface area contributed by atoms with Gasteiger partial charge >= 0.3 is 0 Å². The van der Waals surface area contributed by atoms with E-state index in [0.717, 1.165) is 6.42 Å². The van der Waals surface area contributed by atoms with E-state index in [1.54, 1.807) is 0 Å². The molecule has 152 valence electrons. The number of para-hydroxylation sites is 4. The van der Waals surface area contributed by atoms with E-state index < -0.39 is 0 Å². The lowest BCUT2D eigenvalue weighted by molar-refractivity contribution is 0.600. The first-order valence-electron chi connectivity index (χ1n) is 11.0. The molecule has 3 aromatic rings. The van der Waals surface area contributed by atoms with Crippen LogP contribution in [0.3, 0.4) is 0 Å². The summed E-state index contributed by atoms with van der Waals surface area (Å²) in [6.45, 7) is 4.68. The topological polar surface area (TPSA) is 13.0 Å². The van der Waals surface area contributed by atoms with Crippen molar-refractivity contribution in [1.29, 1.82) is 0 Å². The van der Waals surface area contributed by atoms with Crippen LogP contribution in [0, 0.1) is 0 Å². The second-order valence-corrected chi connectivity index (χ2v) is 8.74. The number of hydrogen-bond donors (Lipinski definition) is 0. The molecule has 0 bridgehead atoms. The lowest BCUT2D eigenvalue weighted by atomic mass is 9.97. The van der Waals surface area contributed by atoms with Crippen LogP contribution >= 0.6 is 0 Å². The number of rotatable bonds is 2. The average molecular weight is 397 g/mol. The van der Waals surface area contributed by atoms with Crippen molar-refractivity contribution in [3.05, 3.63) is 72.3 Å². The van der Waals surface area contributed by atoms with Crippen LogP contribution in [0.25, 0.3) is 0 Å². The molecule has 3 heterocycles. The molecule has 3 aromatic carbocycles. The van der Waals surface area contributed by atoms with Gasteiger partial charge < -0.3 is 19.6 Å². The van der Waals surface area contributed by atoms with Crippen molar-refractivity contribution >= 4 is 34.1 Å². The van der Waals surface area contributed by atoms with E-state index in [1.165, 1.54) is 39.7 Å². The Labute approximate surface area is 178 Å². The Hall–Kier alpha value is -3.14. The fourth-order valence-corrected chi connectivity index (χ4v) is 6.04. The molecule has 4 nitrogen and oxygen atoms in total. The van der Waals surface area contributed by atoms with Crippen molar-refractivity contribution in [2.75, 3.05) is 33.7 Å². The number of nitrogens with zero attached hydrogens (tertiary/aromatic N) is 4. The van der Waals surface area contributed by atoms with E-state index in [2.05, 4.69) is 114 Å². The standard InChI is InChI=1S/C26H28N4/c1-5-24-27(3)18-11-6-8-13-20(18)29(24)22-15-10-16-23-25(22)17(2)26-28(4)19-12-7-9-14-21(19)30(23)26/h6-17,24,26H,5H2,1-4H3. The zero-order valence-corrected chi connectivity index (χ0v) is 18.1. The van der Waals surface area contributed by atoms with Gasteiger partial charge in [-0.25, -0.2) is 0 Å².